The Labute approximate surface area is 119 Å². The molecule has 2 aliphatic carbocycles. The van der Waals surface area contributed by atoms with Crippen LogP contribution in [0.3, 0.4) is 0 Å². The molecule has 2 heteroatoms. The van der Waals surface area contributed by atoms with E-state index in [-0.39, 0.29) is 0 Å². The van der Waals surface area contributed by atoms with E-state index in [1.54, 1.807) is 0 Å². The predicted molar refractivity (Wildman–Crippen MR) is 81.4 cm³/mol. The highest BCUT2D eigenvalue weighted by Crippen LogP contribution is 2.45. The molecule has 3 fully saturated rings. The number of nitrogens with zero attached hydrogens (tertiary/aromatic N) is 1. The van der Waals surface area contributed by atoms with E-state index in [0.717, 1.165) is 5.92 Å². The molecule has 3 aliphatic rings. The van der Waals surface area contributed by atoms with Crippen LogP contribution in [0.2, 0.25) is 0 Å². The average molecular weight is 264 g/mol. The van der Waals surface area contributed by atoms with Crippen molar-refractivity contribution in [1.82, 2.24) is 10.2 Å². The third kappa shape index (κ3) is 2.71. The Balaban J connectivity index is 1.72. The van der Waals surface area contributed by atoms with Gasteiger partial charge in [0.25, 0.3) is 0 Å². The zero-order valence-electron chi connectivity index (χ0n) is 13.0. The van der Waals surface area contributed by atoms with E-state index < -0.39 is 0 Å². The standard InChI is InChI=1S/C17H32N2/c1-3-4-12-19-14-16(2,15-8-9-15)18-13-17(19)10-6-5-7-11-17/h15,18H,3-14H2,1-2H3. The molecular formula is C17H32N2. The van der Waals surface area contributed by atoms with E-state index in [0.29, 0.717) is 11.1 Å². The molecule has 1 aliphatic heterocycles. The molecule has 0 aromatic heterocycles. The quantitative estimate of drug-likeness (QED) is 0.835. The topological polar surface area (TPSA) is 15.3 Å². The molecule has 0 aromatic carbocycles. The largest absolute Gasteiger partial charge is 0.308 e. The number of hydrogen-bond donors (Lipinski definition) is 1. The number of piperazine rings is 1. The molecule has 2 nitrogen and oxygen atoms in total. The lowest BCUT2D eigenvalue weighted by Gasteiger charge is -2.56. The van der Waals surface area contributed by atoms with Gasteiger partial charge in [-0.3, -0.25) is 4.90 Å². The van der Waals surface area contributed by atoms with Crippen LogP contribution in [0.15, 0.2) is 0 Å². The lowest BCUT2D eigenvalue weighted by Crippen LogP contribution is -2.70. The lowest BCUT2D eigenvalue weighted by atomic mass is 9.75. The van der Waals surface area contributed by atoms with Gasteiger partial charge >= 0.3 is 0 Å². The van der Waals surface area contributed by atoms with Crippen LogP contribution in [0.1, 0.15) is 71.6 Å². The van der Waals surface area contributed by atoms with Crippen molar-refractivity contribution in [1.29, 1.82) is 0 Å². The van der Waals surface area contributed by atoms with Crippen LogP contribution >= 0.6 is 0 Å². The number of hydrogen-bond acceptors (Lipinski definition) is 2. The molecule has 0 radical (unpaired) electrons. The van der Waals surface area contributed by atoms with E-state index >= 15 is 0 Å². The second-order valence-electron chi connectivity index (χ2n) is 7.61. The van der Waals surface area contributed by atoms with E-state index in [1.807, 2.05) is 0 Å². The van der Waals surface area contributed by atoms with Crippen LogP contribution in [0.5, 0.6) is 0 Å². The fourth-order valence-electron chi connectivity index (χ4n) is 4.46. The molecule has 0 bridgehead atoms. The Morgan fingerprint density at radius 3 is 2.53 bits per heavy atom. The number of unbranched alkanes of at least 4 members (excludes halogenated alkanes) is 1. The third-order valence-corrected chi connectivity index (χ3v) is 6.06. The first-order chi connectivity index (χ1) is 9.19. The average Bonchev–Trinajstić information content (AvgIpc) is 3.26. The highest BCUT2D eigenvalue weighted by molar-refractivity contribution is 5.09. The summed E-state index contributed by atoms with van der Waals surface area (Å²) >= 11 is 0. The van der Waals surface area contributed by atoms with Crippen LogP contribution in [0.4, 0.5) is 0 Å². The summed E-state index contributed by atoms with van der Waals surface area (Å²) in [5.74, 6) is 0.956. The summed E-state index contributed by atoms with van der Waals surface area (Å²) in [6.07, 6.45) is 12.9. The monoisotopic (exact) mass is 264 g/mol. The van der Waals surface area contributed by atoms with Crippen molar-refractivity contribution in [2.45, 2.75) is 82.7 Å². The van der Waals surface area contributed by atoms with Gasteiger partial charge in [0.2, 0.25) is 0 Å². The molecule has 3 rings (SSSR count). The maximum atomic E-state index is 3.98. The van der Waals surface area contributed by atoms with Crippen molar-refractivity contribution in [2.75, 3.05) is 19.6 Å². The molecule has 1 heterocycles. The van der Waals surface area contributed by atoms with Gasteiger partial charge in [0.15, 0.2) is 0 Å². The predicted octanol–water partition coefficient (Wildman–Crippen LogP) is 3.56. The fourth-order valence-corrected chi connectivity index (χ4v) is 4.46. The Morgan fingerprint density at radius 2 is 1.89 bits per heavy atom. The number of nitrogens with one attached hydrogen (secondary N) is 1. The maximum absolute atomic E-state index is 3.98. The molecule has 0 aromatic rings. The van der Waals surface area contributed by atoms with Crippen molar-refractivity contribution >= 4 is 0 Å². The van der Waals surface area contributed by atoms with E-state index in [2.05, 4.69) is 24.1 Å². The van der Waals surface area contributed by atoms with Crippen molar-refractivity contribution in [3.8, 4) is 0 Å². The fraction of sp³-hybridized carbons (Fsp3) is 1.00. The molecule has 110 valence electrons. The summed E-state index contributed by atoms with van der Waals surface area (Å²) in [5.41, 5.74) is 0.929. The minimum atomic E-state index is 0.413. The van der Waals surface area contributed by atoms with Crippen LogP contribution < -0.4 is 5.32 Å². The Morgan fingerprint density at radius 1 is 1.16 bits per heavy atom. The second-order valence-corrected chi connectivity index (χ2v) is 7.61. The molecule has 1 N–H and O–H groups in total. The molecule has 1 saturated heterocycles. The van der Waals surface area contributed by atoms with Gasteiger partial charge < -0.3 is 5.32 Å². The number of rotatable bonds is 4. The molecule has 1 spiro atoms. The highest BCUT2D eigenvalue weighted by Gasteiger charge is 2.50. The van der Waals surface area contributed by atoms with Crippen molar-refractivity contribution < 1.29 is 0 Å². The van der Waals surface area contributed by atoms with Gasteiger partial charge in [-0.05, 0) is 51.5 Å². The van der Waals surface area contributed by atoms with Crippen LogP contribution in [-0.4, -0.2) is 35.6 Å². The van der Waals surface area contributed by atoms with Gasteiger partial charge in [-0.1, -0.05) is 32.6 Å². The van der Waals surface area contributed by atoms with Gasteiger partial charge in [0, 0.05) is 24.2 Å². The highest BCUT2D eigenvalue weighted by atomic mass is 15.3. The second kappa shape index (κ2) is 5.37. The molecule has 19 heavy (non-hydrogen) atoms. The first kappa shape index (κ1) is 13.9. The Bertz CT molecular complexity index is 304. The normalized spacial score (nSPS) is 35.7. The lowest BCUT2D eigenvalue weighted by molar-refractivity contribution is -0.0212. The van der Waals surface area contributed by atoms with Gasteiger partial charge in [0.1, 0.15) is 0 Å². The van der Waals surface area contributed by atoms with E-state index in [1.165, 1.54) is 77.4 Å². The maximum Gasteiger partial charge on any atom is 0.0334 e. The summed E-state index contributed by atoms with van der Waals surface area (Å²) in [6.45, 7) is 8.71. The minimum absolute atomic E-state index is 0.413. The summed E-state index contributed by atoms with van der Waals surface area (Å²) in [7, 11) is 0. The van der Waals surface area contributed by atoms with Crippen molar-refractivity contribution in [3.63, 3.8) is 0 Å². The van der Waals surface area contributed by atoms with Crippen LogP contribution in [0.25, 0.3) is 0 Å². The van der Waals surface area contributed by atoms with E-state index in [4.69, 9.17) is 0 Å². The van der Waals surface area contributed by atoms with Crippen molar-refractivity contribution in [3.05, 3.63) is 0 Å². The SMILES string of the molecule is CCCCN1CC(C)(C2CC2)NCC12CCCCC2. The third-order valence-electron chi connectivity index (χ3n) is 6.06. The minimum Gasteiger partial charge on any atom is -0.308 e. The molecule has 1 unspecified atom stereocenters. The van der Waals surface area contributed by atoms with Crippen molar-refractivity contribution in [2.24, 2.45) is 5.92 Å². The summed E-state index contributed by atoms with van der Waals surface area (Å²) in [4.78, 5) is 2.91. The van der Waals surface area contributed by atoms with Gasteiger partial charge in [-0.2, -0.15) is 0 Å². The molecule has 2 saturated carbocycles. The van der Waals surface area contributed by atoms with Crippen LogP contribution in [0, 0.1) is 5.92 Å². The van der Waals surface area contributed by atoms with E-state index in [9.17, 15) is 0 Å². The molecular weight excluding hydrogens is 232 g/mol. The van der Waals surface area contributed by atoms with Gasteiger partial charge in [-0.25, -0.2) is 0 Å². The smallest absolute Gasteiger partial charge is 0.0334 e. The summed E-state index contributed by atoms with van der Waals surface area (Å²) < 4.78 is 0. The summed E-state index contributed by atoms with van der Waals surface area (Å²) in [6, 6.07) is 0. The summed E-state index contributed by atoms with van der Waals surface area (Å²) in [5, 5.41) is 3.98. The zero-order valence-corrected chi connectivity index (χ0v) is 13.0. The molecule has 1 atom stereocenters. The zero-order chi connectivity index (χ0) is 13.3. The van der Waals surface area contributed by atoms with Crippen LogP contribution in [-0.2, 0) is 0 Å². The Hall–Kier alpha value is -0.0800. The first-order valence-electron chi connectivity index (χ1n) is 8.69. The van der Waals surface area contributed by atoms with Gasteiger partial charge in [-0.15, -0.1) is 0 Å². The first-order valence-corrected chi connectivity index (χ1v) is 8.69. The molecule has 0 amide bonds. The van der Waals surface area contributed by atoms with Gasteiger partial charge in [0.05, 0.1) is 0 Å². The Kier molecular flexibility index (Phi) is 3.92.